The Morgan fingerprint density at radius 1 is 1.06 bits per heavy atom. The number of phenols is 1. The first-order chi connectivity index (χ1) is 14.6. The summed E-state index contributed by atoms with van der Waals surface area (Å²) in [4.78, 5) is 25.1. The van der Waals surface area contributed by atoms with E-state index in [0.717, 1.165) is 25.0 Å². The lowest BCUT2D eigenvalue weighted by molar-refractivity contribution is -0.138. The number of hydrogen-bond donors (Lipinski definition) is 1. The van der Waals surface area contributed by atoms with Crippen LogP contribution < -0.4 is 0 Å². The summed E-state index contributed by atoms with van der Waals surface area (Å²) in [6.45, 7) is 0. The molecule has 3 aromatic rings. The lowest BCUT2D eigenvalue weighted by Gasteiger charge is -2.13. The molecule has 3 rings (SSSR count). The molecule has 0 aliphatic rings. The topological polar surface area (TPSA) is 90.6 Å². The van der Waals surface area contributed by atoms with Crippen LogP contribution in [0.3, 0.4) is 0 Å². The highest BCUT2D eigenvalue weighted by atomic mass is 79.9. The third-order valence-electron chi connectivity index (χ3n) is 4.29. The Balaban J connectivity index is 2.44. The minimum absolute atomic E-state index is 0.0303. The molecule has 0 saturated carbocycles. The Morgan fingerprint density at radius 2 is 1.68 bits per heavy atom. The number of benzene rings is 2. The second kappa shape index (κ2) is 8.42. The highest BCUT2D eigenvalue weighted by Gasteiger charge is 2.38. The van der Waals surface area contributed by atoms with E-state index in [0.29, 0.717) is 11.8 Å². The number of aromatic nitrogens is 2. The van der Waals surface area contributed by atoms with Crippen molar-refractivity contribution in [1.29, 1.82) is 0 Å². The molecule has 1 aromatic heterocycles. The highest BCUT2D eigenvalue weighted by Crippen LogP contribution is 2.44. The van der Waals surface area contributed by atoms with Gasteiger partial charge >= 0.3 is 18.1 Å². The fraction of sp³-hybridized carbons (Fsp3) is 0.150. The van der Waals surface area contributed by atoms with Crippen LogP contribution in [0.25, 0.3) is 16.9 Å². The molecule has 11 heteroatoms. The van der Waals surface area contributed by atoms with Crippen LogP contribution in [0.1, 0.15) is 26.4 Å². The number of halogens is 4. The summed E-state index contributed by atoms with van der Waals surface area (Å²) in [5.74, 6) is -3.19. The van der Waals surface area contributed by atoms with Crippen molar-refractivity contribution < 1.29 is 37.3 Å². The van der Waals surface area contributed by atoms with E-state index >= 15 is 0 Å². The predicted octanol–water partition coefficient (Wildman–Crippen LogP) is 4.60. The number of hydrogen-bond acceptors (Lipinski definition) is 6. The van der Waals surface area contributed by atoms with Gasteiger partial charge in [0.1, 0.15) is 17.0 Å². The average molecular weight is 499 g/mol. The van der Waals surface area contributed by atoms with Gasteiger partial charge in [0.2, 0.25) is 0 Å². The minimum Gasteiger partial charge on any atom is -0.507 e. The molecule has 0 atom stereocenters. The Hall–Kier alpha value is -3.34. The van der Waals surface area contributed by atoms with Crippen LogP contribution in [0, 0.1) is 0 Å². The van der Waals surface area contributed by atoms with Gasteiger partial charge < -0.3 is 14.6 Å². The lowest BCUT2D eigenvalue weighted by atomic mass is 10.0. The second-order valence-corrected chi connectivity index (χ2v) is 7.07. The highest BCUT2D eigenvalue weighted by molar-refractivity contribution is 9.10. The van der Waals surface area contributed by atoms with Gasteiger partial charge in [-0.25, -0.2) is 14.3 Å². The summed E-state index contributed by atoms with van der Waals surface area (Å²) in [6.07, 6.45) is -4.89. The van der Waals surface area contributed by atoms with E-state index in [4.69, 9.17) is 9.47 Å². The van der Waals surface area contributed by atoms with E-state index in [1.807, 2.05) is 0 Å². The normalized spacial score (nSPS) is 11.3. The molecule has 0 aliphatic heterocycles. The van der Waals surface area contributed by atoms with Gasteiger partial charge in [0.15, 0.2) is 5.69 Å². The maximum atomic E-state index is 13.4. The van der Waals surface area contributed by atoms with Gasteiger partial charge in [0.25, 0.3) is 0 Å². The van der Waals surface area contributed by atoms with Gasteiger partial charge in [0, 0.05) is 10.0 Å². The number of methoxy groups -OCH3 is 2. The summed E-state index contributed by atoms with van der Waals surface area (Å²) >= 11 is 2.97. The van der Waals surface area contributed by atoms with Crippen LogP contribution in [-0.4, -0.2) is 41.0 Å². The molecule has 1 N–H and O–H groups in total. The van der Waals surface area contributed by atoms with Gasteiger partial charge in [0.05, 0.1) is 25.5 Å². The molecule has 0 bridgehead atoms. The van der Waals surface area contributed by atoms with Crippen LogP contribution in [0.2, 0.25) is 0 Å². The Labute approximate surface area is 182 Å². The molecule has 0 aliphatic carbocycles. The third-order valence-corrected chi connectivity index (χ3v) is 4.75. The first-order valence-electron chi connectivity index (χ1n) is 8.55. The quantitative estimate of drug-likeness (QED) is 0.528. The Bertz CT molecular complexity index is 1160. The summed E-state index contributed by atoms with van der Waals surface area (Å²) in [7, 11) is 2.11. The van der Waals surface area contributed by atoms with E-state index in [-0.39, 0.29) is 15.9 Å². The Morgan fingerprint density at radius 3 is 2.23 bits per heavy atom. The van der Waals surface area contributed by atoms with Crippen molar-refractivity contribution in [2.75, 3.05) is 14.2 Å². The number of rotatable bonds is 4. The average Bonchev–Trinajstić information content (AvgIpc) is 3.14. The summed E-state index contributed by atoms with van der Waals surface area (Å²) in [6, 6.07) is 9.92. The largest absolute Gasteiger partial charge is 0.507 e. The van der Waals surface area contributed by atoms with Crippen molar-refractivity contribution in [2.45, 2.75) is 6.18 Å². The van der Waals surface area contributed by atoms with Crippen LogP contribution in [0.5, 0.6) is 5.75 Å². The summed E-state index contributed by atoms with van der Waals surface area (Å²) in [5.41, 5.74) is -2.67. The van der Waals surface area contributed by atoms with Crippen LogP contribution in [-0.2, 0) is 15.7 Å². The monoisotopic (exact) mass is 498 g/mol. The van der Waals surface area contributed by atoms with Crippen molar-refractivity contribution in [3.63, 3.8) is 0 Å². The Kier molecular flexibility index (Phi) is 6.07. The van der Waals surface area contributed by atoms with Gasteiger partial charge in [-0.2, -0.15) is 18.3 Å². The molecular formula is C20H14BrF3N2O5. The fourth-order valence-electron chi connectivity index (χ4n) is 2.94. The zero-order valence-electron chi connectivity index (χ0n) is 16.0. The molecule has 0 spiro atoms. The SMILES string of the molecule is COC(=O)c1c(-c2cc(Br)cc(C(F)(F)F)c2O)nn(-c2ccccc2)c1C(=O)OC. The molecule has 0 amide bonds. The van der Waals surface area contributed by atoms with Crippen molar-refractivity contribution in [3.8, 4) is 22.7 Å². The molecule has 0 unspecified atom stereocenters. The number of carbonyl (C=O) groups is 2. The van der Waals surface area contributed by atoms with Crippen LogP contribution in [0.15, 0.2) is 46.9 Å². The molecule has 0 radical (unpaired) electrons. The maximum Gasteiger partial charge on any atom is 0.420 e. The standard InChI is InChI=1S/C20H14BrF3N2O5/c1-30-18(28)14-15(12-8-10(21)9-13(17(12)27)20(22,23)24)25-26(16(14)19(29)31-2)11-6-4-3-5-7-11/h3-9,27H,1-2H3. The zero-order valence-corrected chi connectivity index (χ0v) is 17.6. The number of alkyl halides is 3. The first kappa shape index (κ1) is 22.3. The number of aromatic hydroxyl groups is 1. The number of phenolic OH excluding ortho intramolecular Hbond substituents is 1. The van der Waals surface area contributed by atoms with Gasteiger partial charge in [-0.15, -0.1) is 0 Å². The van der Waals surface area contributed by atoms with Crippen molar-refractivity contribution >= 4 is 27.9 Å². The van der Waals surface area contributed by atoms with E-state index in [1.165, 1.54) is 0 Å². The van der Waals surface area contributed by atoms with Gasteiger partial charge in [-0.3, -0.25) is 0 Å². The van der Waals surface area contributed by atoms with E-state index in [9.17, 15) is 27.9 Å². The van der Waals surface area contributed by atoms with E-state index in [1.54, 1.807) is 30.3 Å². The maximum absolute atomic E-state index is 13.4. The molecule has 1 heterocycles. The van der Waals surface area contributed by atoms with Gasteiger partial charge in [-0.1, -0.05) is 34.1 Å². The summed E-state index contributed by atoms with van der Waals surface area (Å²) < 4.78 is 50.7. The number of esters is 2. The van der Waals surface area contributed by atoms with E-state index < -0.39 is 40.6 Å². The van der Waals surface area contributed by atoms with Crippen molar-refractivity contribution in [3.05, 3.63) is 63.8 Å². The second-order valence-electron chi connectivity index (χ2n) is 6.15. The molecule has 0 fully saturated rings. The minimum atomic E-state index is -4.89. The smallest absolute Gasteiger partial charge is 0.420 e. The van der Waals surface area contributed by atoms with Crippen LogP contribution in [0.4, 0.5) is 13.2 Å². The van der Waals surface area contributed by atoms with Crippen LogP contribution >= 0.6 is 15.9 Å². The number of para-hydroxylation sites is 1. The van der Waals surface area contributed by atoms with Gasteiger partial charge in [-0.05, 0) is 24.3 Å². The molecule has 31 heavy (non-hydrogen) atoms. The lowest BCUT2D eigenvalue weighted by Crippen LogP contribution is -2.15. The van der Waals surface area contributed by atoms with Crippen molar-refractivity contribution in [1.82, 2.24) is 9.78 Å². The molecule has 0 saturated heterocycles. The molecule has 162 valence electrons. The van der Waals surface area contributed by atoms with E-state index in [2.05, 4.69) is 21.0 Å². The fourth-order valence-corrected chi connectivity index (χ4v) is 3.40. The summed E-state index contributed by atoms with van der Waals surface area (Å²) in [5, 5.41) is 14.6. The first-order valence-corrected chi connectivity index (χ1v) is 9.34. The number of ether oxygens (including phenoxy) is 2. The predicted molar refractivity (Wildman–Crippen MR) is 106 cm³/mol. The number of carbonyl (C=O) groups excluding carboxylic acids is 2. The molecule has 2 aromatic carbocycles. The van der Waals surface area contributed by atoms with Crippen molar-refractivity contribution in [2.24, 2.45) is 0 Å². The zero-order chi connectivity index (χ0) is 22.9. The third kappa shape index (κ3) is 4.13. The number of nitrogens with zero attached hydrogens (tertiary/aromatic N) is 2. The molecule has 7 nitrogen and oxygen atoms in total. The molecular weight excluding hydrogens is 485 g/mol.